The fourth-order valence-electron chi connectivity index (χ4n) is 6.22. The summed E-state index contributed by atoms with van der Waals surface area (Å²) in [5.74, 6) is -2.45. The molecule has 0 spiro atoms. The molecule has 5 atom stereocenters. The lowest BCUT2D eigenvalue weighted by Crippen LogP contribution is -2.57. The zero-order valence-corrected chi connectivity index (χ0v) is 26.8. The molecule has 0 saturated carbocycles. The second-order valence-electron chi connectivity index (χ2n) is 12.8. The van der Waals surface area contributed by atoms with E-state index >= 15 is 0 Å². The number of amides is 4. The van der Waals surface area contributed by atoms with Crippen LogP contribution in [0.2, 0.25) is 0 Å². The van der Waals surface area contributed by atoms with Gasteiger partial charge in [0.1, 0.15) is 23.9 Å². The molecule has 2 aliphatic rings. The Morgan fingerprint density at radius 2 is 1.40 bits per heavy atom. The van der Waals surface area contributed by atoms with E-state index in [-0.39, 0.29) is 36.2 Å². The van der Waals surface area contributed by atoms with E-state index in [1.807, 2.05) is 13.8 Å². The Morgan fingerprint density at radius 1 is 0.822 bits per heavy atom. The van der Waals surface area contributed by atoms with E-state index in [1.54, 1.807) is 17.0 Å². The van der Waals surface area contributed by atoms with Crippen LogP contribution in [0.1, 0.15) is 83.6 Å². The summed E-state index contributed by atoms with van der Waals surface area (Å²) in [6.45, 7) is 5.22. The van der Waals surface area contributed by atoms with Gasteiger partial charge in [-0.1, -0.05) is 26.0 Å². The van der Waals surface area contributed by atoms with Crippen molar-refractivity contribution in [1.29, 1.82) is 0 Å². The lowest BCUT2D eigenvalue weighted by Gasteiger charge is -2.30. The smallest absolute Gasteiger partial charge is 0.243 e. The molecule has 0 unspecified atom stereocenters. The third kappa shape index (κ3) is 10.8. The van der Waals surface area contributed by atoms with Crippen LogP contribution in [0.25, 0.3) is 0 Å². The van der Waals surface area contributed by atoms with Crippen LogP contribution in [0.15, 0.2) is 24.3 Å². The first-order chi connectivity index (χ1) is 21.5. The van der Waals surface area contributed by atoms with Crippen molar-refractivity contribution in [2.24, 2.45) is 23.3 Å². The van der Waals surface area contributed by atoms with Crippen molar-refractivity contribution in [3.63, 3.8) is 0 Å². The van der Waals surface area contributed by atoms with Crippen molar-refractivity contribution in [1.82, 2.24) is 20.9 Å². The molecule has 2 saturated heterocycles. The molecule has 4 amide bonds. The van der Waals surface area contributed by atoms with Crippen LogP contribution in [0.4, 0.5) is 0 Å². The standard InChI is InChI=1S/C33H52N6O6/c1-21(2)18-23-20-29(41)25(8-3-5-15-34)36-30(42)26(9-4-6-16-35)37-31(43)27(19-22-11-13-24(40)14-12-22)38-32(44)28-10-7-17-39(28)33(23)45/h11-14,21,23,25-28,40H,3-10,15-20,34-35H2,1-2H3,(H,36,42)(H,37,43)(H,38,44)/t23-,25-,26-,27+,28-/m0/s1. The quantitative estimate of drug-likeness (QED) is 0.186. The zero-order chi connectivity index (χ0) is 32.9. The van der Waals surface area contributed by atoms with Crippen molar-refractivity contribution < 1.29 is 29.1 Å². The molecule has 8 N–H and O–H groups in total. The topological polar surface area (TPSA) is 197 Å². The predicted molar refractivity (Wildman–Crippen MR) is 171 cm³/mol. The predicted octanol–water partition coefficient (Wildman–Crippen LogP) is 1.27. The van der Waals surface area contributed by atoms with E-state index in [0.717, 1.165) is 0 Å². The number of Topliss-reactive ketones (excluding diaryl/α,β-unsaturated/α-hetero) is 1. The fourth-order valence-corrected chi connectivity index (χ4v) is 6.22. The van der Waals surface area contributed by atoms with Crippen molar-refractivity contribution in [2.75, 3.05) is 19.6 Å². The Balaban J connectivity index is 2.02. The number of hydrogen-bond acceptors (Lipinski definition) is 8. The monoisotopic (exact) mass is 628 g/mol. The molecule has 250 valence electrons. The highest BCUT2D eigenvalue weighted by molar-refractivity contribution is 5.98. The van der Waals surface area contributed by atoms with E-state index in [2.05, 4.69) is 16.0 Å². The minimum Gasteiger partial charge on any atom is -0.508 e. The zero-order valence-electron chi connectivity index (χ0n) is 26.8. The van der Waals surface area contributed by atoms with Gasteiger partial charge in [-0.2, -0.15) is 0 Å². The molecule has 1 aromatic rings. The molecule has 1 aromatic carbocycles. The lowest BCUT2D eigenvalue weighted by atomic mass is 9.88. The maximum atomic E-state index is 14.0. The highest BCUT2D eigenvalue weighted by atomic mass is 16.3. The number of aromatic hydroxyl groups is 1. The van der Waals surface area contributed by atoms with Gasteiger partial charge in [0.2, 0.25) is 23.6 Å². The van der Waals surface area contributed by atoms with Crippen LogP contribution < -0.4 is 27.4 Å². The number of rotatable bonds is 12. The number of phenolic OH excluding ortho intramolecular Hbond substituents is 1. The average molecular weight is 629 g/mol. The summed E-state index contributed by atoms with van der Waals surface area (Å²) >= 11 is 0. The van der Waals surface area contributed by atoms with Gasteiger partial charge in [-0.25, -0.2) is 0 Å². The average Bonchev–Trinajstić information content (AvgIpc) is 3.49. The highest BCUT2D eigenvalue weighted by Gasteiger charge is 2.40. The Kier molecular flexibility index (Phi) is 14.3. The van der Waals surface area contributed by atoms with E-state index in [9.17, 15) is 29.1 Å². The van der Waals surface area contributed by atoms with Crippen LogP contribution in [-0.2, 0) is 30.4 Å². The van der Waals surface area contributed by atoms with Crippen molar-refractivity contribution in [2.45, 2.75) is 109 Å². The number of benzene rings is 1. The van der Waals surface area contributed by atoms with Crippen molar-refractivity contribution in [3.05, 3.63) is 29.8 Å². The normalized spacial score (nSPS) is 25.3. The van der Waals surface area contributed by atoms with Crippen LogP contribution in [0.5, 0.6) is 5.75 Å². The maximum Gasteiger partial charge on any atom is 0.243 e. The SMILES string of the molecule is CC(C)C[C@H]1CC(=O)[C@H](CCCCN)NC(=O)[C@H](CCCCN)NC(=O)[C@@H](Cc2ccc(O)cc2)NC(=O)[C@@H]2CCCN2C1=O. The van der Waals surface area contributed by atoms with E-state index < -0.39 is 47.8 Å². The number of nitrogens with two attached hydrogens (primary N) is 2. The molecule has 12 nitrogen and oxygen atoms in total. The first kappa shape index (κ1) is 36.0. The largest absolute Gasteiger partial charge is 0.508 e. The molecule has 3 rings (SSSR count). The van der Waals surface area contributed by atoms with Gasteiger partial charge >= 0.3 is 0 Å². The second-order valence-corrected chi connectivity index (χ2v) is 12.8. The number of nitrogens with zero attached hydrogens (tertiary/aromatic N) is 1. The summed E-state index contributed by atoms with van der Waals surface area (Å²) in [6, 6.07) is 2.69. The van der Waals surface area contributed by atoms with Gasteiger partial charge in [-0.15, -0.1) is 0 Å². The van der Waals surface area contributed by atoms with Gasteiger partial charge in [-0.3, -0.25) is 24.0 Å². The number of phenols is 1. The fraction of sp³-hybridized carbons (Fsp3) is 0.667. The summed E-state index contributed by atoms with van der Waals surface area (Å²) < 4.78 is 0. The van der Waals surface area contributed by atoms with E-state index in [1.165, 1.54) is 12.1 Å². The highest BCUT2D eigenvalue weighted by Crippen LogP contribution is 2.26. The first-order valence-corrected chi connectivity index (χ1v) is 16.5. The van der Waals surface area contributed by atoms with Crippen LogP contribution in [0, 0.1) is 11.8 Å². The molecular weight excluding hydrogens is 576 g/mol. The second kappa shape index (κ2) is 17.8. The molecule has 0 aromatic heterocycles. The first-order valence-electron chi connectivity index (χ1n) is 16.5. The number of carbonyl (C=O) groups excluding carboxylic acids is 5. The minimum atomic E-state index is -1.05. The molecular formula is C33H52N6O6. The number of fused-ring (bicyclic) bond motifs is 1. The summed E-state index contributed by atoms with van der Waals surface area (Å²) in [6.07, 6.45) is 4.74. The number of hydrogen-bond donors (Lipinski definition) is 6. The number of nitrogens with one attached hydrogen (secondary N) is 3. The minimum absolute atomic E-state index is 0.0525. The lowest BCUT2D eigenvalue weighted by molar-refractivity contribution is -0.144. The molecule has 0 bridgehead atoms. The van der Waals surface area contributed by atoms with Gasteiger partial charge in [-0.05, 0) is 94.5 Å². The Bertz CT molecular complexity index is 1160. The number of unbranched alkanes of at least 4 members (excludes halogenated alkanes) is 2. The van der Waals surface area contributed by atoms with Gasteiger partial charge in [0.05, 0.1) is 6.04 Å². The third-order valence-electron chi connectivity index (χ3n) is 8.63. The summed E-state index contributed by atoms with van der Waals surface area (Å²) in [4.78, 5) is 70.5. The maximum absolute atomic E-state index is 14.0. The number of ketones is 1. The molecule has 2 heterocycles. The molecule has 12 heteroatoms. The summed E-state index contributed by atoms with van der Waals surface area (Å²) in [5.41, 5.74) is 12.1. The summed E-state index contributed by atoms with van der Waals surface area (Å²) in [5, 5.41) is 18.3. The molecule has 45 heavy (non-hydrogen) atoms. The van der Waals surface area contributed by atoms with Crippen LogP contribution >= 0.6 is 0 Å². The molecule has 0 aliphatic carbocycles. The molecule has 0 radical (unpaired) electrons. The van der Waals surface area contributed by atoms with Gasteiger partial charge in [0, 0.05) is 25.3 Å². The number of carbonyl (C=O) groups is 5. The molecule has 2 fully saturated rings. The van der Waals surface area contributed by atoms with Gasteiger partial charge < -0.3 is 37.4 Å². The van der Waals surface area contributed by atoms with Crippen LogP contribution in [-0.4, -0.2) is 83.2 Å². The van der Waals surface area contributed by atoms with Crippen LogP contribution in [0.3, 0.4) is 0 Å². The molecule has 2 aliphatic heterocycles. The Hall–Kier alpha value is -3.51. The van der Waals surface area contributed by atoms with E-state index in [0.29, 0.717) is 83.0 Å². The van der Waals surface area contributed by atoms with Gasteiger partial charge in [0.25, 0.3) is 0 Å². The summed E-state index contributed by atoms with van der Waals surface area (Å²) in [7, 11) is 0. The third-order valence-corrected chi connectivity index (χ3v) is 8.63. The Morgan fingerprint density at radius 3 is 2.02 bits per heavy atom. The van der Waals surface area contributed by atoms with Crippen molar-refractivity contribution in [3.8, 4) is 5.75 Å². The van der Waals surface area contributed by atoms with Gasteiger partial charge in [0.15, 0.2) is 5.78 Å². The van der Waals surface area contributed by atoms with E-state index in [4.69, 9.17) is 11.5 Å². The Labute approximate surface area is 266 Å². The van der Waals surface area contributed by atoms with Crippen molar-refractivity contribution >= 4 is 29.4 Å².